The van der Waals surface area contributed by atoms with Crippen LogP contribution in [-0.2, 0) is 13.0 Å². The Bertz CT molecular complexity index is 970. The zero-order valence-electron chi connectivity index (χ0n) is 16.3. The molecule has 29 heavy (non-hydrogen) atoms. The lowest BCUT2D eigenvalue weighted by molar-refractivity contribution is 0.354. The van der Waals surface area contributed by atoms with Gasteiger partial charge in [-0.25, -0.2) is 14.4 Å². The van der Waals surface area contributed by atoms with Crippen LogP contribution in [0.4, 0.5) is 4.39 Å². The maximum absolute atomic E-state index is 13.0. The minimum Gasteiger partial charge on any atom is -0.493 e. The SMILES string of the molecule is COc1ccc(CN=C(N)NCCc2coc(-c3ccc(F)cc3)n2)cc1OC. The van der Waals surface area contributed by atoms with Gasteiger partial charge in [-0.1, -0.05) is 6.07 Å². The first-order valence-electron chi connectivity index (χ1n) is 9.04. The molecule has 2 aromatic carbocycles. The highest BCUT2D eigenvalue weighted by atomic mass is 19.1. The van der Waals surface area contributed by atoms with Crippen LogP contribution >= 0.6 is 0 Å². The van der Waals surface area contributed by atoms with Crippen molar-refractivity contribution < 1.29 is 18.3 Å². The van der Waals surface area contributed by atoms with Crippen LogP contribution in [0.5, 0.6) is 11.5 Å². The van der Waals surface area contributed by atoms with Gasteiger partial charge in [-0.15, -0.1) is 0 Å². The first-order chi connectivity index (χ1) is 14.1. The van der Waals surface area contributed by atoms with Crippen molar-refractivity contribution in [1.82, 2.24) is 10.3 Å². The highest BCUT2D eigenvalue weighted by Gasteiger charge is 2.07. The van der Waals surface area contributed by atoms with Crippen LogP contribution in [0, 0.1) is 5.82 Å². The Kier molecular flexibility index (Phi) is 6.67. The van der Waals surface area contributed by atoms with E-state index in [4.69, 9.17) is 19.6 Å². The first-order valence-corrected chi connectivity index (χ1v) is 9.04. The van der Waals surface area contributed by atoms with Gasteiger partial charge >= 0.3 is 0 Å². The number of hydrogen-bond acceptors (Lipinski definition) is 5. The van der Waals surface area contributed by atoms with Crippen LogP contribution in [0.2, 0.25) is 0 Å². The Morgan fingerprint density at radius 3 is 2.62 bits per heavy atom. The molecule has 0 aliphatic heterocycles. The monoisotopic (exact) mass is 398 g/mol. The third kappa shape index (κ3) is 5.47. The van der Waals surface area contributed by atoms with Crippen LogP contribution in [0.25, 0.3) is 11.5 Å². The fourth-order valence-electron chi connectivity index (χ4n) is 2.68. The molecule has 7 nitrogen and oxygen atoms in total. The number of nitrogens with two attached hydrogens (primary N) is 1. The summed E-state index contributed by atoms with van der Waals surface area (Å²) in [4.78, 5) is 8.73. The number of ether oxygens (including phenoxy) is 2. The average Bonchev–Trinajstić information content (AvgIpc) is 3.21. The van der Waals surface area contributed by atoms with Crippen molar-refractivity contribution in [2.45, 2.75) is 13.0 Å². The standard InChI is InChI=1S/C21H23FN4O3/c1-27-18-8-3-14(11-19(18)28-2)12-25-21(23)24-10-9-17-13-29-20(26-17)15-4-6-16(22)7-5-15/h3-8,11,13H,9-10,12H2,1-2H3,(H3,23,24,25). The quantitative estimate of drug-likeness (QED) is 0.447. The van der Waals surface area contributed by atoms with Gasteiger partial charge in [0.15, 0.2) is 17.5 Å². The molecule has 0 saturated carbocycles. The van der Waals surface area contributed by atoms with E-state index in [1.54, 1.807) is 32.6 Å². The summed E-state index contributed by atoms with van der Waals surface area (Å²) in [5.74, 6) is 1.80. The molecule has 0 aliphatic rings. The minimum absolute atomic E-state index is 0.299. The third-order valence-corrected chi connectivity index (χ3v) is 4.21. The lowest BCUT2D eigenvalue weighted by atomic mass is 10.2. The molecule has 0 amide bonds. The molecule has 0 bridgehead atoms. The summed E-state index contributed by atoms with van der Waals surface area (Å²) in [5.41, 5.74) is 8.37. The van der Waals surface area contributed by atoms with Crippen molar-refractivity contribution in [2.24, 2.45) is 10.7 Å². The molecule has 1 aromatic heterocycles. The summed E-state index contributed by atoms with van der Waals surface area (Å²) in [7, 11) is 3.18. The van der Waals surface area contributed by atoms with E-state index in [0.717, 1.165) is 16.8 Å². The first kappa shape index (κ1) is 20.2. The third-order valence-electron chi connectivity index (χ3n) is 4.21. The lowest BCUT2D eigenvalue weighted by Gasteiger charge is -2.09. The van der Waals surface area contributed by atoms with Crippen LogP contribution in [0.1, 0.15) is 11.3 Å². The molecular weight excluding hydrogens is 375 g/mol. The molecule has 0 aliphatic carbocycles. The minimum atomic E-state index is -0.299. The predicted molar refractivity (Wildman–Crippen MR) is 108 cm³/mol. The summed E-state index contributed by atoms with van der Waals surface area (Å²) in [5, 5.41) is 3.05. The maximum Gasteiger partial charge on any atom is 0.226 e. The maximum atomic E-state index is 13.0. The second kappa shape index (κ2) is 9.59. The van der Waals surface area contributed by atoms with Gasteiger partial charge in [-0.05, 0) is 42.0 Å². The van der Waals surface area contributed by atoms with Gasteiger partial charge in [0, 0.05) is 18.5 Å². The van der Waals surface area contributed by atoms with Crippen molar-refractivity contribution in [3.05, 3.63) is 65.8 Å². The molecule has 0 radical (unpaired) electrons. The van der Waals surface area contributed by atoms with E-state index in [9.17, 15) is 4.39 Å². The Morgan fingerprint density at radius 2 is 1.90 bits per heavy atom. The Balaban J connectivity index is 1.49. The van der Waals surface area contributed by atoms with E-state index in [-0.39, 0.29) is 5.82 Å². The van der Waals surface area contributed by atoms with Crippen LogP contribution in [-0.4, -0.2) is 31.7 Å². The topological polar surface area (TPSA) is 94.9 Å². The predicted octanol–water partition coefficient (Wildman–Crippen LogP) is 3.14. The Hall–Kier alpha value is -3.55. The average molecular weight is 398 g/mol. The molecule has 3 aromatic rings. The van der Waals surface area contributed by atoms with Gasteiger partial charge in [0.2, 0.25) is 5.89 Å². The van der Waals surface area contributed by atoms with Crippen LogP contribution in [0.3, 0.4) is 0 Å². The number of guanidine groups is 1. The summed E-state index contributed by atoms with van der Waals surface area (Å²) in [6, 6.07) is 11.6. The summed E-state index contributed by atoms with van der Waals surface area (Å²) >= 11 is 0. The largest absolute Gasteiger partial charge is 0.493 e. The number of aliphatic imine (C=N–C) groups is 1. The van der Waals surface area contributed by atoms with Gasteiger partial charge in [0.25, 0.3) is 0 Å². The normalized spacial score (nSPS) is 11.3. The summed E-state index contributed by atoms with van der Waals surface area (Å²) < 4.78 is 28.9. The Morgan fingerprint density at radius 1 is 1.14 bits per heavy atom. The number of benzene rings is 2. The van der Waals surface area contributed by atoms with E-state index < -0.39 is 0 Å². The van der Waals surface area contributed by atoms with E-state index in [1.165, 1.54) is 12.1 Å². The molecule has 3 N–H and O–H groups in total. The van der Waals surface area contributed by atoms with E-state index in [0.29, 0.717) is 42.9 Å². The van der Waals surface area contributed by atoms with Gasteiger partial charge in [0.1, 0.15) is 12.1 Å². The number of methoxy groups -OCH3 is 2. The number of halogens is 1. The van der Waals surface area contributed by atoms with Gasteiger partial charge < -0.3 is 24.9 Å². The molecule has 0 saturated heterocycles. The fourth-order valence-corrected chi connectivity index (χ4v) is 2.68. The van der Waals surface area contributed by atoms with Gasteiger partial charge in [-0.2, -0.15) is 0 Å². The second-order valence-corrected chi connectivity index (χ2v) is 6.22. The molecule has 3 rings (SSSR count). The Labute approximate surface area is 168 Å². The van der Waals surface area contributed by atoms with E-state index >= 15 is 0 Å². The molecule has 0 atom stereocenters. The molecule has 0 unspecified atom stereocenters. The van der Waals surface area contributed by atoms with Gasteiger partial charge in [-0.3, -0.25) is 0 Å². The fraction of sp³-hybridized carbons (Fsp3) is 0.238. The van der Waals surface area contributed by atoms with Gasteiger partial charge in [0.05, 0.1) is 26.5 Å². The zero-order chi connectivity index (χ0) is 20.6. The number of rotatable bonds is 8. The van der Waals surface area contributed by atoms with Crippen LogP contribution in [0.15, 0.2) is 58.1 Å². The zero-order valence-corrected chi connectivity index (χ0v) is 16.3. The highest BCUT2D eigenvalue weighted by Crippen LogP contribution is 2.27. The number of aromatic nitrogens is 1. The smallest absolute Gasteiger partial charge is 0.226 e. The number of oxazole rings is 1. The molecule has 1 heterocycles. The summed E-state index contributed by atoms with van der Waals surface area (Å²) in [6.07, 6.45) is 2.19. The van der Waals surface area contributed by atoms with Crippen molar-refractivity contribution in [1.29, 1.82) is 0 Å². The number of nitrogens with zero attached hydrogens (tertiary/aromatic N) is 2. The van der Waals surface area contributed by atoms with Crippen molar-refractivity contribution in [2.75, 3.05) is 20.8 Å². The molecular formula is C21H23FN4O3. The van der Waals surface area contributed by atoms with Crippen molar-refractivity contribution >= 4 is 5.96 Å². The van der Waals surface area contributed by atoms with Crippen LogP contribution < -0.4 is 20.5 Å². The molecule has 8 heteroatoms. The van der Waals surface area contributed by atoms with Crippen molar-refractivity contribution in [3.63, 3.8) is 0 Å². The number of nitrogens with one attached hydrogen (secondary N) is 1. The van der Waals surface area contributed by atoms with Crippen molar-refractivity contribution in [3.8, 4) is 23.0 Å². The van der Waals surface area contributed by atoms with E-state index in [1.807, 2.05) is 18.2 Å². The van der Waals surface area contributed by atoms with E-state index in [2.05, 4.69) is 15.3 Å². The highest BCUT2D eigenvalue weighted by molar-refractivity contribution is 5.77. The number of hydrogen-bond donors (Lipinski definition) is 2. The molecule has 0 fully saturated rings. The molecule has 152 valence electrons. The second-order valence-electron chi connectivity index (χ2n) is 6.22. The summed E-state index contributed by atoms with van der Waals surface area (Å²) in [6.45, 7) is 0.967. The lowest BCUT2D eigenvalue weighted by Crippen LogP contribution is -2.33. The molecule has 0 spiro atoms.